The molecule has 7 heteroatoms. The Balaban J connectivity index is 1.45. The molecule has 3 heterocycles. The van der Waals surface area contributed by atoms with E-state index in [0.29, 0.717) is 24.4 Å². The van der Waals surface area contributed by atoms with Gasteiger partial charge in [-0.25, -0.2) is 4.98 Å². The van der Waals surface area contributed by atoms with Crippen LogP contribution in [0.25, 0.3) is 11.0 Å². The lowest BCUT2D eigenvalue weighted by atomic mass is 10.1. The quantitative estimate of drug-likeness (QED) is 0.654. The molecule has 1 aliphatic heterocycles. The molecule has 0 saturated carbocycles. The van der Waals surface area contributed by atoms with Crippen LogP contribution in [-0.2, 0) is 13.0 Å². The number of hydrogen-bond acceptors (Lipinski definition) is 6. The van der Waals surface area contributed by atoms with Gasteiger partial charge in [0.25, 0.3) is 5.91 Å². The lowest BCUT2D eigenvalue weighted by molar-refractivity contribution is 0.0627. The summed E-state index contributed by atoms with van der Waals surface area (Å²) in [5, 5.41) is 4.14. The fraction of sp³-hybridized carbons (Fsp3) is 0.429. The minimum atomic E-state index is 0.0334. The van der Waals surface area contributed by atoms with Crippen molar-refractivity contribution >= 4 is 28.2 Å². The highest BCUT2D eigenvalue weighted by molar-refractivity contribution is 7.09. The molecule has 0 atom stereocenters. The average Bonchev–Trinajstić information content (AvgIpc) is 3.30. The second-order valence-electron chi connectivity index (χ2n) is 7.05. The summed E-state index contributed by atoms with van der Waals surface area (Å²) in [7, 11) is 1.63. The predicted molar refractivity (Wildman–Crippen MR) is 110 cm³/mol. The summed E-state index contributed by atoms with van der Waals surface area (Å²) in [5.74, 6) is 1.42. The molecule has 3 aromatic rings. The highest BCUT2D eigenvalue weighted by Crippen LogP contribution is 2.30. The maximum absolute atomic E-state index is 13.2. The van der Waals surface area contributed by atoms with Gasteiger partial charge in [-0.3, -0.25) is 9.69 Å². The molecule has 1 fully saturated rings. The van der Waals surface area contributed by atoms with Crippen LogP contribution in [0.15, 0.2) is 28.0 Å². The van der Waals surface area contributed by atoms with Crippen LogP contribution >= 0.6 is 11.3 Å². The van der Waals surface area contributed by atoms with Gasteiger partial charge in [-0.05, 0) is 31.5 Å². The number of aromatic nitrogens is 1. The van der Waals surface area contributed by atoms with Gasteiger partial charge < -0.3 is 14.1 Å². The first kappa shape index (κ1) is 19.0. The van der Waals surface area contributed by atoms with Crippen LogP contribution in [0, 0.1) is 6.92 Å². The van der Waals surface area contributed by atoms with E-state index in [2.05, 4.69) is 22.2 Å². The fourth-order valence-electron chi connectivity index (χ4n) is 3.67. The molecule has 4 rings (SSSR count). The number of thiazole rings is 1. The smallest absolute Gasteiger partial charge is 0.258 e. The van der Waals surface area contributed by atoms with Crippen molar-refractivity contribution in [1.82, 2.24) is 14.8 Å². The van der Waals surface area contributed by atoms with E-state index >= 15 is 0 Å². The summed E-state index contributed by atoms with van der Waals surface area (Å²) in [5.41, 5.74) is 2.50. The second kappa shape index (κ2) is 7.93. The summed E-state index contributed by atoms with van der Waals surface area (Å²) in [6, 6.07) is 5.58. The number of fused-ring (bicyclic) bond motifs is 1. The van der Waals surface area contributed by atoms with Crippen molar-refractivity contribution < 1.29 is 13.9 Å². The summed E-state index contributed by atoms with van der Waals surface area (Å²) in [4.78, 5) is 22.1. The first-order valence-corrected chi connectivity index (χ1v) is 10.5. The Morgan fingerprint density at radius 1 is 1.29 bits per heavy atom. The number of ether oxygens (including phenoxy) is 1. The third-order valence-electron chi connectivity index (χ3n) is 5.23. The molecule has 0 radical (unpaired) electrons. The van der Waals surface area contributed by atoms with Crippen molar-refractivity contribution in [3.05, 3.63) is 45.6 Å². The average molecular weight is 400 g/mol. The number of piperazine rings is 1. The zero-order valence-corrected chi connectivity index (χ0v) is 17.3. The molecule has 1 amide bonds. The predicted octanol–water partition coefficient (Wildman–Crippen LogP) is 3.73. The van der Waals surface area contributed by atoms with Crippen LogP contribution < -0.4 is 4.74 Å². The van der Waals surface area contributed by atoms with E-state index in [0.717, 1.165) is 48.5 Å². The Kier molecular flexibility index (Phi) is 5.37. The number of nitrogens with zero attached hydrogens (tertiary/aromatic N) is 3. The van der Waals surface area contributed by atoms with Gasteiger partial charge in [0.15, 0.2) is 0 Å². The zero-order chi connectivity index (χ0) is 19.7. The number of methoxy groups -OCH3 is 1. The molecule has 0 unspecified atom stereocenters. The molecule has 0 N–H and O–H groups in total. The fourth-order valence-corrected chi connectivity index (χ4v) is 4.41. The third-order valence-corrected chi connectivity index (χ3v) is 6.27. The standard InChI is InChI=1S/C21H25N3O3S/c1-4-19-22-15(13-28-19)12-23-7-9-24(10-8-23)21(25)20-14(2)27-18-6-5-16(26-3)11-17(18)20/h5-6,11,13H,4,7-10,12H2,1-3H3. The number of rotatable bonds is 5. The Morgan fingerprint density at radius 2 is 2.07 bits per heavy atom. The maximum Gasteiger partial charge on any atom is 0.258 e. The molecule has 28 heavy (non-hydrogen) atoms. The van der Waals surface area contributed by atoms with E-state index in [4.69, 9.17) is 9.15 Å². The number of furan rings is 1. The monoisotopic (exact) mass is 399 g/mol. The lowest BCUT2D eigenvalue weighted by Crippen LogP contribution is -2.48. The molecule has 2 aromatic heterocycles. The zero-order valence-electron chi connectivity index (χ0n) is 16.5. The third kappa shape index (κ3) is 3.64. The number of hydrogen-bond donors (Lipinski definition) is 0. The highest BCUT2D eigenvalue weighted by atomic mass is 32.1. The second-order valence-corrected chi connectivity index (χ2v) is 7.99. The molecule has 0 aliphatic carbocycles. The Morgan fingerprint density at radius 3 is 2.75 bits per heavy atom. The first-order chi connectivity index (χ1) is 13.6. The molecule has 1 saturated heterocycles. The highest BCUT2D eigenvalue weighted by Gasteiger charge is 2.27. The van der Waals surface area contributed by atoms with Gasteiger partial charge in [0.1, 0.15) is 17.1 Å². The van der Waals surface area contributed by atoms with Crippen LogP contribution in [0.3, 0.4) is 0 Å². The van der Waals surface area contributed by atoms with Crippen molar-refractivity contribution in [3.63, 3.8) is 0 Å². The topological polar surface area (TPSA) is 58.8 Å². The SMILES string of the molecule is CCc1nc(CN2CCN(C(=O)c3c(C)oc4ccc(OC)cc34)CC2)cs1. The maximum atomic E-state index is 13.2. The Bertz CT molecular complexity index is 986. The number of amides is 1. The minimum absolute atomic E-state index is 0.0334. The van der Waals surface area contributed by atoms with Crippen molar-refractivity contribution in [2.75, 3.05) is 33.3 Å². The molecule has 1 aromatic carbocycles. The molecule has 0 spiro atoms. The van der Waals surface area contributed by atoms with E-state index in [1.807, 2.05) is 30.0 Å². The van der Waals surface area contributed by atoms with E-state index in [9.17, 15) is 4.79 Å². The summed E-state index contributed by atoms with van der Waals surface area (Å²) < 4.78 is 11.1. The van der Waals surface area contributed by atoms with Crippen molar-refractivity contribution in [3.8, 4) is 5.75 Å². The van der Waals surface area contributed by atoms with Crippen molar-refractivity contribution in [2.24, 2.45) is 0 Å². The van der Waals surface area contributed by atoms with Gasteiger partial charge in [-0.2, -0.15) is 0 Å². The van der Waals surface area contributed by atoms with Gasteiger partial charge in [0.05, 0.1) is 23.4 Å². The van der Waals surface area contributed by atoms with E-state index in [1.165, 1.54) is 5.01 Å². The molecule has 1 aliphatic rings. The number of aryl methyl sites for hydroxylation is 2. The largest absolute Gasteiger partial charge is 0.497 e. The Hall–Kier alpha value is -2.38. The summed E-state index contributed by atoms with van der Waals surface area (Å²) >= 11 is 1.72. The summed E-state index contributed by atoms with van der Waals surface area (Å²) in [6.45, 7) is 7.95. The van der Waals surface area contributed by atoms with E-state index < -0.39 is 0 Å². The van der Waals surface area contributed by atoms with Gasteiger partial charge in [-0.15, -0.1) is 11.3 Å². The molecular weight excluding hydrogens is 374 g/mol. The Labute approximate surface area is 168 Å². The van der Waals surface area contributed by atoms with Crippen molar-refractivity contribution in [1.29, 1.82) is 0 Å². The number of carbonyl (C=O) groups excluding carboxylic acids is 1. The van der Waals surface area contributed by atoms with Gasteiger partial charge in [0, 0.05) is 43.5 Å². The van der Waals surface area contributed by atoms with Gasteiger partial charge in [-0.1, -0.05) is 6.92 Å². The van der Waals surface area contributed by atoms with Crippen LogP contribution in [-0.4, -0.2) is 54.0 Å². The minimum Gasteiger partial charge on any atom is -0.497 e. The van der Waals surface area contributed by atoms with Crippen LogP contribution in [0.2, 0.25) is 0 Å². The molecular formula is C21H25N3O3S. The van der Waals surface area contributed by atoms with Gasteiger partial charge in [0.2, 0.25) is 0 Å². The molecule has 148 valence electrons. The summed E-state index contributed by atoms with van der Waals surface area (Å²) in [6.07, 6.45) is 0.982. The number of carbonyl (C=O) groups is 1. The van der Waals surface area contributed by atoms with Crippen molar-refractivity contribution in [2.45, 2.75) is 26.8 Å². The first-order valence-electron chi connectivity index (χ1n) is 9.61. The van der Waals surface area contributed by atoms with Gasteiger partial charge >= 0.3 is 0 Å². The van der Waals surface area contributed by atoms with Crippen LogP contribution in [0.1, 0.15) is 33.7 Å². The van der Waals surface area contributed by atoms with E-state index in [1.54, 1.807) is 18.4 Å². The molecule has 0 bridgehead atoms. The van der Waals surface area contributed by atoms with E-state index in [-0.39, 0.29) is 5.91 Å². The lowest BCUT2D eigenvalue weighted by Gasteiger charge is -2.34. The van der Waals surface area contributed by atoms with Crippen LogP contribution in [0.5, 0.6) is 5.75 Å². The van der Waals surface area contributed by atoms with Crippen LogP contribution in [0.4, 0.5) is 0 Å². The molecule has 6 nitrogen and oxygen atoms in total. The normalized spacial score (nSPS) is 15.3. The number of benzene rings is 1.